The molecule has 2 aromatic carbocycles. The van der Waals surface area contributed by atoms with E-state index in [1.807, 2.05) is 0 Å². The number of likely N-dealkylation sites (N-methyl/N-ethyl adjacent to an activating group) is 1. The largest absolute Gasteiger partial charge is 0.338 e. The van der Waals surface area contributed by atoms with Crippen LogP contribution in [-0.4, -0.2) is 34.5 Å². The highest BCUT2D eigenvalue weighted by atomic mass is 15.1. The number of aryl methyl sites for hydroxylation is 1. The Balaban J connectivity index is 1.77. The van der Waals surface area contributed by atoms with E-state index < -0.39 is 0 Å². The Hall–Kier alpha value is -2.13. The van der Waals surface area contributed by atoms with E-state index in [4.69, 9.17) is 4.98 Å². The van der Waals surface area contributed by atoms with Crippen LogP contribution in [0, 0.1) is 6.92 Å². The van der Waals surface area contributed by atoms with Gasteiger partial charge in [0.1, 0.15) is 5.82 Å². The van der Waals surface area contributed by atoms with Gasteiger partial charge in [-0.2, -0.15) is 0 Å². The van der Waals surface area contributed by atoms with Gasteiger partial charge in [-0.25, -0.2) is 4.98 Å². The maximum absolute atomic E-state index is 4.75. The van der Waals surface area contributed by atoms with Crippen molar-refractivity contribution in [2.45, 2.75) is 27.2 Å². The van der Waals surface area contributed by atoms with Crippen LogP contribution in [-0.2, 0) is 6.42 Å². The first-order valence-electron chi connectivity index (χ1n) is 8.48. The van der Waals surface area contributed by atoms with Gasteiger partial charge in [-0.05, 0) is 43.6 Å². The fourth-order valence-corrected chi connectivity index (χ4v) is 2.97. The highest BCUT2D eigenvalue weighted by Gasteiger charge is 2.07. The highest BCUT2D eigenvalue weighted by Crippen LogP contribution is 2.22. The van der Waals surface area contributed by atoms with Crippen LogP contribution >= 0.6 is 0 Å². The van der Waals surface area contributed by atoms with Crippen molar-refractivity contribution in [2.75, 3.05) is 19.6 Å². The van der Waals surface area contributed by atoms with Crippen molar-refractivity contribution in [3.8, 4) is 11.4 Å². The molecule has 0 saturated heterocycles. The third kappa shape index (κ3) is 3.45. The molecule has 0 radical (unpaired) electrons. The third-order valence-corrected chi connectivity index (χ3v) is 4.55. The molecule has 3 nitrogen and oxygen atoms in total. The van der Waals surface area contributed by atoms with Gasteiger partial charge in [-0.3, -0.25) is 0 Å². The Morgan fingerprint density at radius 2 is 1.74 bits per heavy atom. The van der Waals surface area contributed by atoms with Gasteiger partial charge in [0.25, 0.3) is 0 Å². The highest BCUT2D eigenvalue weighted by molar-refractivity contribution is 5.82. The molecule has 0 unspecified atom stereocenters. The molecule has 0 amide bonds. The van der Waals surface area contributed by atoms with E-state index in [1.54, 1.807) is 0 Å². The van der Waals surface area contributed by atoms with E-state index >= 15 is 0 Å². The second kappa shape index (κ2) is 6.97. The van der Waals surface area contributed by atoms with Crippen molar-refractivity contribution >= 4 is 11.0 Å². The van der Waals surface area contributed by atoms with E-state index in [-0.39, 0.29) is 0 Å². The number of hydrogen-bond donors (Lipinski definition) is 1. The smallest absolute Gasteiger partial charge is 0.138 e. The van der Waals surface area contributed by atoms with E-state index in [0.29, 0.717) is 0 Å². The van der Waals surface area contributed by atoms with E-state index in [9.17, 15) is 0 Å². The summed E-state index contributed by atoms with van der Waals surface area (Å²) in [6, 6.07) is 15.0. The van der Waals surface area contributed by atoms with Crippen LogP contribution in [0.3, 0.4) is 0 Å². The molecule has 1 aromatic heterocycles. The lowest BCUT2D eigenvalue weighted by molar-refractivity contribution is 0.308. The number of H-pyrrole nitrogens is 1. The molecular weight excluding hydrogens is 282 g/mol. The zero-order valence-electron chi connectivity index (χ0n) is 14.3. The molecule has 0 saturated carbocycles. The first kappa shape index (κ1) is 15.8. The Kier molecular flexibility index (Phi) is 4.77. The van der Waals surface area contributed by atoms with Gasteiger partial charge >= 0.3 is 0 Å². The zero-order valence-corrected chi connectivity index (χ0v) is 14.3. The fourth-order valence-electron chi connectivity index (χ4n) is 2.97. The molecule has 3 heteroatoms. The minimum atomic E-state index is 0.949. The van der Waals surface area contributed by atoms with Gasteiger partial charge in [0.05, 0.1) is 11.0 Å². The third-order valence-electron chi connectivity index (χ3n) is 4.55. The number of aromatic nitrogens is 2. The Morgan fingerprint density at radius 1 is 1.00 bits per heavy atom. The Morgan fingerprint density at radius 3 is 2.39 bits per heavy atom. The van der Waals surface area contributed by atoms with Gasteiger partial charge in [0.2, 0.25) is 0 Å². The van der Waals surface area contributed by atoms with Gasteiger partial charge < -0.3 is 9.88 Å². The summed E-state index contributed by atoms with van der Waals surface area (Å²) in [5.41, 5.74) is 5.90. The maximum Gasteiger partial charge on any atom is 0.138 e. The Bertz CT molecular complexity index is 767. The molecule has 0 bridgehead atoms. The van der Waals surface area contributed by atoms with Gasteiger partial charge in [-0.1, -0.05) is 50.2 Å². The lowest BCUT2D eigenvalue weighted by Gasteiger charge is -2.17. The number of nitrogens with one attached hydrogen (secondary N) is 1. The lowest BCUT2D eigenvalue weighted by Crippen LogP contribution is -2.25. The number of hydrogen-bond acceptors (Lipinski definition) is 2. The van der Waals surface area contributed by atoms with Crippen LogP contribution < -0.4 is 0 Å². The topological polar surface area (TPSA) is 31.9 Å². The maximum atomic E-state index is 4.75. The SMILES string of the molecule is CCN(CC)CCc1ccc(-c2nc3c(C)cccc3[nH]2)cc1. The number of rotatable bonds is 6. The molecule has 0 spiro atoms. The molecule has 0 atom stereocenters. The molecule has 0 fully saturated rings. The normalized spacial score (nSPS) is 11.5. The number of nitrogens with zero attached hydrogens (tertiary/aromatic N) is 2. The van der Waals surface area contributed by atoms with E-state index in [0.717, 1.165) is 48.5 Å². The quantitative estimate of drug-likeness (QED) is 0.731. The zero-order chi connectivity index (χ0) is 16.2. The van der Waals surface area contributed by atoms with Gasteiger partial charge in [0.15, 0.2) is 0 Å². The minimum absolute atomic E-state index is 0.949. The molecule has 1 heterocycles. The lowest BCUT2D eigenvalue weighted by atomic mass is 10.1. The molecule has 1 N–H and O–H groups in total. The predicted molar refractivity (Wildman–Crippen MR) is 97.8 cm³/mol. The number of aromatic amines is 1. The van der Waals surface area contributed by atoms with Gasteiger partial charge in [-0.15, -0.1) is 0 Å². The van der Waals surface area contributed by atoms with Crippen molar-refractivity contribution in [2.24, 2.45) is 0 Å². The number of imidazole rings is 1. The van der Waals surface area contributed by atoms with Crippen molar-refractivity contribution in [1.82, 2.24) is 14.9 Å². The average molecular weight is 307 g/mol. The molecule has 120 valence electrons. The molecule has 0 aliphatic rings. The Labute approximate surface area is 138 Å². The molecular formula is C20H25N3. The summed E-state index contributed by atoms with van der Waals surface area (Å²) >= 11 is 0. The molecule has 3 aromatic rings. The van der Waals surface area contributed by atoms with Crippen molar-refractivity contribution in [3.05, 3.63) is 53.6 Å². The van der Waals surface area contributed by atoms with Crippen LogP contribution in [0.1, 0.15) is 25.0 Å². The average Bonchev–Trinajstić information content (AvgIpc) is 3.02. The number of para-hydroxylation sites is 1. The summed E-state index contributed by atoms with van der Waals surface area (Å²) in [4.78, 5) is 10.6. The molecule has 0 aliphatic carbocycles. The van der Waals surface area contributed by atoms with Crippen LogP contribution in [0.15, 0.2) is 42.5 Å². The fraction of sp³-hybridized carbons (Fsp3) is 0.350. The number of benzene rings is 2. The first-order valence-corrected chi connectivity index (χ1v) is 8.48. The van der Waals surface area contributed by atoms with Gasteiger partial charge in [0, 0.05) is 12.1 Å². The summed E-state index contributed by atoms with van der Waals surface area (Å²) in [5, 5.41) is 0. The summed E-state index contributed by atoms with van der Waals surface area (Å²) < 4.78 is 0. The van der Waals surface area contributed by atoms with E-state index in [2.05, 4.69) is 73.1 Å². The van der Waals surface area contributed by atoms with Crippen molar-refractivity contribution in [1.29, 1.82) is 0 Å². The van der Waals surface area contributed by atoms with Crippen LogP contribution in [0.4, 0.5) is 0 Å². The number of fused-ring (bicyclic) bond motifs is 1. The van der Waals surface area contributed by atoms with Crippen molar-refractivity contribution in [3.63, 3.8) is 0 Å². The summed E-state index contributed by atoms with van der Waals surface area (Å²) in [7, 11) is 0. The predicted octanol–water partition coefficient (Wildman–Crippen LogP) is 4.42. The van der Waals surface area contributed by atoms with Crippen molar-refractivity contribution < 1.29 is 0 Å². The minimum Gasteiger partial charge on any atom is -0.338 e. The van der Waals surface area contributed by atoms with Crippen LogP contribution in [0.5, 0.6) is 0 Å². The molecule has 23 heavy (non-hydrogen) atoms. The van der Waals surface area contributed by atoms with Crippen LogP contribution in [0.25, 0.3) is 22.4 Å². The molecule has 0 aliphatic heterocycles. The van der Waals surface area contributed by atoms with Crippen LogP contribution in [0.2, 0.25) is 0 Å². The summed E-state index contributed by atoms with van der Waals surface area (Å²) in [6.45, 7) is 9.89. The second-order valence-corrected chi connectivity index (χ2v) is 6.03. The second-order valence-electron chi connectivity index (χ2n) is 6.03. The molecule has 3 rings (SSSR count). The van der Waals surface area contributed by atoms with E-state index in [1.165, 1.54) is 11.1 Å². The summed E-state index contributed by atoms with van der Waals surface area (Å²) in [5.74, 6) is 0.949. The summed E-state index contributed by atoms with van der Waals surface area (Å²) in [6.07, 6.45) is 1.10. The monoisotopic (exact) mass is 307 g/mol. The standard InChI is InChI=1S/C20H25N3/c1-4-23(5-2)14-13-16-9-11-17(12-10-16)20-21-18-8-6-7-15(3)19(18)22-20/h6-12H,4-5,13-14H2,1-3H3,(H,21,22). The first-order chi connectivity index (χ1) is 11.2.